The molecule has 3 rings (SSSR count). The van der Waals surface area contributed by atoms with Gasteiger partial charge in [-0.05, 0) is 30.2 Å². The topological polar surface area (TPSA) is 42.4 Å². The van der Waals surface area contributed by atoms with E-state index in [4.69, 9.17) is 10.2 Å². The van der Waals surface area contributed by atoms with Gasteiger partial charge in [0.25, 0.3) is 0 Å². The predicted octanol–water partition coefficient (Wildman–Crippen LogP) is 2.44. The van der Waals surface area contributed by atoms with Crippen molar-refractivity contribution in [2.24, 2.45) is 5.73 Å². The first-order valence-corrected chi connectivity index (χ1v) is 6.06. The van der Waals surface area contributed by atoms with Gasteiger partial charge in [-0.15, -0.1) is 0 Å². The van der Waals surface area contributed by atoms with E-state index in [0.29, 0.717) is 13.1 Å². The SMILES string of the molecule is NCc1ccoc1CN1CCc2ccc(F)cc21. The first-order chi connectivity index (χ1) is 8.78. The Bertz CT molecular complexity index is 565. The van der Waals surface area contributed by atoms with Gasteiger partial charge in [-0.25, -0.2) is 4.39 Å². The minimum absolute atomic E-state index is 0.195. The second-order valence-corrected chi connectivity index (χ2v) is 4.52. The van der Waals surface area contributed by atoms with Gasteiger partial charge in [0.05, 0.1) is 12.8 Å². The first kappa shape index (κ1) is 11.3. The van der Waals surface area contributed by atoms with E-state index in [-0.39, 0.29) is 5.82 Å². The number of anilines is 1. The molecule has 3 nitrogen and oxygen atoms in total. The standard InChI is InChI=1S/C14H15FN2O/c15-12-2-1-10-3-5-17(13(10)7-12)9-14-11(8-16)4-6-18-14/h1-2,4,6-7H,3,5,8-9,16H2. The molecule has 0 radical (unpaired) electrons. The number of halogens is 1. The second kappa shape index (κ2) is 4.46. The highest BCUT2D eigenvalue weighted by atomic mass is 19.1. The number of nitrogens with two attached hydrogens (primary N) is 1. The van der Waals surface area contributed by atoms with Crippen LogP contribution in [0.15, 0.2) is 34.9 Å². The first-order valence-electron chi connectivity index (χ1n) is 6.06. The van der Waals surface area contributed by atoms with Crippen molar-refractivity contribution in [3.05, 3.63) is 53.2 Å². The maximum atomic E-state index is 13.3. The Morgan fingerprint density at radius 2 is 2.22 bits per heavy atom. The molecular formula is C14H15FN2O. The highest BCUT2D eigenvalue weighted by Gasteiger charge is 2.21. The molecule has 94 valence electrons. The van der Waals surface area contributed by atoms with E-state index in [1.165, 1.54) is 11.6 Å². The van der Waals surface area contributed by atoms with Crippen molar-refractivity contribution < 1.29 is 8.81 Å². The molecule has 1 aromatic carbocycles. The molecule has 1 aliphatic heterocycles. The molecule has 0 fully saturated rings. The molecule has 4 heteroatoms. The van der Waals surface area contributed by atoms with E-state index < -0.39 is 0 Å². The molecule has 0 aliphatic carbocycles. The average molecular weight is 246 g/mol. The Morgan fingerprint density at radius 1 is 1.33 bits per heavy atom. The Balaban J connectivity index is 1.86. The molecule has 0 amide bonds. The van der Waals surface area contributed by atoms with E-state index in [2.05, 4.69) is 4.90 Å². The van der Waals surface area contributed by atoms with Gasteiger partial charge in [0, 0.05) is 24.3 Å². The van der Waals surface area contributed by atoms with Gasteiger partial charge in [-0.2, -0.15) is 0 Å². The van der Waals surface area contributed by atoms with Crippen LogP contribution in [0.4, 0.5) is 10.1 Å². The molecular weight excluding hydrogens is 231 g/mol. The molecule has 0 saturated heterocycles. The average Bonchev–Trinajstić information content (AvgIpc) is 2.97. The molecule has 1 aromatic heterocycles. The number of benzene rings is 1. The summed E-state index contributed by atoms with van der Waals surface area (Å²) >= 11 is 0. The van der Waals surface area contributed by atoms with Gasteiger partial charge < -0.3 is 15.1 Å². The van der Waals surface area contributed by atoms with Crippen molar-refractivity contribution in [1.82, 2.24) is 0 Å². The predicted molar refractivity (Wildman–Crippen MR) is 67.8 cm³/mol. The summed E-state index contributed by atoms with van der Waals surface area (Å²) in [5.74, 6) is 0.675. The maximum absolute atomic E-state index is 13.3. The molecule has 2 aromatic rings. The smallest absolute Gasteiger partial charge is 0.127 e. The van der Waals surface area contributed by atoms with Gasteiger partial charge in [0.15, 0.2) is 0 Å². The van der Waals surface area contributed by atoms with Crippen molar-refractivity contribution in [3.8, 4) is 0 Å². The van der Waals surface area contributed by atoms with Gasteiger partial charge in [0.2, 0.25) is 0 Å². The fourth-order valence-electron chi connectivity index (χ4n) is 2.44. The van der Waals surface area contributed by atoms with Crippen LogP contribution in [0.25, 0.3) is 0 Å². The fraction of sp³-hybridized carbons (Fsp3) is 0.286. The lowest BCUT2D eigenvalue weighted by Crippen LogP contribution is -2.20. The van der Waals surface area contributed by atoms with Gasteiger partial charge >= 0.3 is 0 Å². The zero-order chi connectivity index (χ0) is 12.5. The van der Waals surface area contributed by atoms with Gasteiger partial charge in [0.1, 0.15) is 11.6 Å². The zero-order valence-corrected chi connectivity index (χ0v) is 10.0. The molecule has 2 heterocycles. The van der Waals surface area contributed by atoms with Crippen LogP contribution in [0.5, 0.6) is 0 Å². The van der Waals surface area contributed by atoms with Crippen LogP contribution in [0.3, 0.4) is 0 Å². The molecule has 0 unspecified atom stereocenters. The highest BCUT2D eigenvalue weighted by molar-refractivity contribution is 5.58. The largest absolute Gasteiger partial charge is 0.467 e. The van der Waals surface area contributed by atoms with Crippen LogP contribution in [-0.4, -0.2) is 6.54 Å². The Hall–Kier alpha value is -1.81. The summed E-state index contributed by atoms with van der Waals surface area (Å²) in [5.41, 5.74) is 8.82. The molecule has 2 N–H and O–H groups in total. The summed E-state index contributed by atoms with van der Waals surface area (Å²) in [6, 6.07) is 6.85. The van der Waals surface area contributed by atoms with Gasteiger partial charge in [-0.3, -0.25) is 0 Å². The monoisotopic (exact) mass is 246 g/mol. The number of nitrogens with zero attached hydrogens (tertiary/aromatic N) is 1. The van der Waals surface area contributed by atoms with E-state index in [1.54, 1.807) is 12.3 Å². The summed E-state index contributed by atoms with van der Waals surface area (Å²) in [6.45, 7) is 2.01. The molecule has 0 atom stereocenters. The van der Waals surface area contributed by atoms with Crippen molar-refractivity contribution in [2.75, 3.05) is 11.4 Å². The Labute approximate surface area is 105 Å². The van der Waals surface area contributed by atoms with E-state index in [9.17, 15) is 4.39 Å². The van der Waals surface area contributed by atoms with Crippen LogP contribution in [0, 0.1) is 5.82 Å². The maximum Gasteiger partial charge on any atom is 0.127 e. The molecule has 0 saturated carbocycles. The van der Waals surface area contributed by atoms with E-state index in [0.717, 1.165) is 30.0 Å². The number of fused-ring (bicyclic) bond motifs is 1. The number of hydrogen-bond donors (Lipinski definition) is 1. The minimum atomic E-state index is -0.195. The van der Waals surface area contributed by atoms with Crippen LogP contribution in [0.2, 0.25) is 0 Å². The van der Waals surface area contributed by atoms with E-state index in [1.807, 2.05) is 12.1 Å². The normalized spacial score (nSPS) is 14.0. The quantitative estimate of drug-likeness (QED) is 0.904. The van der Waals surface area contributed by atoms with Crippen LogP contribution in [0.1, 0.15) is 16.9 Å². The van der Waals surface area contributed by atoms with Crippen LogP contribution < -0.4 is 10.6 Å². The third-order valence-corrected chi connectivity index (χ3v) is 3.43. The second-order valence-electron chi connectivity index (χ2n) is 4.52. The third kappa shape index (κ3) is 1.88. The zero-order valence-electron chi connectivity index (χ0n) is 10.0. The molecule has 0 bridgehead atoms. The van der Waals surface area contributed by atoms with Gasteiger partial charge in [-0.1, -0.05) is 6.07 Å². The van der Waals surface area contributed by atoms with Crippen molar-refractivity contribution in [2.45, 2.75) is 19.5 Å². The lowest BCUT2D eigenvalue weighted by atomic mass is 10.1. The molecule has 1 aliphatic rings. The minimum Gasteiger partial charge on any atom is -0.467 e. The molecule has 18 heavy (non-hydrogen) atoms. The van der Waals surface area contributed by atoms with Crippen molar-refractivity contribution in [3.63, 3.8) is 0 Å². The number of rotatable bonds is 3. The Morgan fingerprint density at radius 3 is 3.06 bits per heavy atom. The van der Waals surface area contributed by atoms with Crippen molar-refractivity contribution >= 4 is 5.69 Å². The van der Waals surface area contributed by atoms with E-state index >= 15 is 0 Å². The highest BCUT2D eigenvalue weighted by Crippen LogP contribution is 2.30. The number of furan rings is 1. The molecule has 0 spiro atoms. The van der Waals surface area contributed by atoms with Crippen LogP contribution in [-0.2, 0) is 19.5 Å². The summed E-state index contributed by atoms with van der Waals surface area (Å²) in [7, 11) is 0. The summed E-state index contributed by atoms with van der Waals surface area (Å²) in [4.78, 5) is 2.14. The summed E-state index contributed by atoms with van der Waals surface area (Å²) in [6.07, 6.45) is 2.61. The third-order valence-electron chi connectivity index (χ3n) is 3.43. The fourth-order valence-corrected chi connectivity index (χ4v) is 2.44. The summed E-state index contributed by atoms with van der Waals surface area (Å²) in [5, 5.41) is 0. The Kier molecular flexibility index (Phi) is 2.80. The van der Waals surface area contributed by atoms with Crippen molar-refractivity contribution in [1.29, 1.82) is 0 Å². The lowest BCUT2D eigenvalue weighted by Gasteiger charge is -2.18. The van der Waals surface area contributed by atoms with Crippen LogP contribution >= 0.6 is 0 Å². The number of hydrogen-bond acceptors (Lipinski definition) is 3. The lowest BCUT2D eigenvalue weighted by molar-refractivity contribution is 0.499. The summed E-state index contributed by atoms with van der Waals surface area (Å²) < 4.78 is 18.7.